The van der Waals surface area contributed by atoms with Gasteiger partial charge in [0.05, 0.1) is 6.26 Å². The van der Waals surface area contributed by atoms with E-state index in [4.69, 9.17) is 4.42 Å². The second-order valence-electron chi connectivity index (χ2n) is 6.33. The fraction of sp³-hybridized carbons (Fsp3) is 0.200. The Morgan fingerprint density at radius 3 is 2.62 bits per heavy atom. The Morgan fingerprint density at radius 1 is 1.15 bits per heavy atom. The molecule has 1 aromatic carbocycles. The molecule has 2 aromatic heterocycles. The number of carbonyl (C=O) groups excluding carboxylic acids is 2. The quantitative estimate of drug-likeness (QED) is 0.694. The maximum absolute atomic E-state index is 12.6. The Bertz CT molecular complexity index is 966. The van der Waals surface area contributed by atoms with Crippen LogP contribution in [-0.4, -0.2) is 22.4 Å². The van der Waals surface area contributed by atoms with Gasteiger partial charge in [-0.05, 0) is 38.1 Å². The molecule has 0 fully saturated rings. The van der Waals surface area contributed by atoms with Gasteiger partial charge in [-0.3, -0.25) is 9.59 Å². The van der Waals surface area contributed by atoms with Crippen LogP contribution in [0.25, 0.3) is 17.0 Å². The van der Waals surface area contributed by atoms with Crippen molar-refractivity contribution in [3.05, 3.63) is 65.9 Å². The van der Waals surface area contributed by atoms with Crippen LogP contribution in [0.2, 0.25) is 0 Å². The summed E-state index contributed by atoms with van der Waals surface area (Å²) < 4.78 is 7.09. The summed E-state index contributed by atoms with van der Waals surface area (Å²) >= 11 is 0. The summed E-state index contributed by atoms with van der Waals surface area (Å²) in [6, 6.07) is 11.0. The Labute approximate surface area is 151 Å². The van der Waals surface area contributed by atoms with Gasteiger partial charge in [0.25, 0.3) is 11.8 Å². The first-order chi connectivity index (χ1) is 12.5. The summed E-state index contributed by atoms with van der Waals surface area (Å²) in [6.45, 7) is 3.73. The standard InChI is InChI=1S/C20H21N3O3/c1-13(2)21-19(24)16(22-20(25)18-9-6-10-26-18)11-14-12-23(3)17-8-5-4-7-15(14)17/h4-13H,1-3H3,(H,21,24)(H,22,25)/b16-11-. The van der Waals surface area contributed by atoms with Crippen LogP contribution in [0.1, 0.15) is 30.0 Å². The Hall–Kier alpha value is -3.28. The van der Waals surface area contributed by atoms with Crippen molar-refractivity contribution >= 4 is 28.8 Å². The molecule has 0 aliphatic heterocycles. The molecular formula is C20H21N3O3. The molecule has 0 aliphatic carbocycles. The molecule has 3 rings (SSSR count). The molecule has 6 nitrogen and oxygen atoms in total. The number of hydrogen-bond acceptors (Lipinski definition) is 3. The Kier molecular flexibility index (Phi) is 4.93. The molecule has 0 atom stereocenters. The predicted octanol–water partition coefficient (Wildman–Crippen LogP) is 3.07. The zero-order chi connectivity index (χ0) is 18.7. The molecule has 0 unspecified atom stereocenters. The molecule has 2 N–H and O–H groups in total. The third-order valence-corrected chi connectivity index (χ3v) is 3.89. The number of nitrogens with one attached hydrogen (secondary N) is 2. The highest BCUT2D eigenvalue weighted by Gasteiger charge is 2.17. The van der Waals surface area contributed by atoms with Crippen molar-refractivity contribution in [3.63, 3.8) is 0 Å². The van der Waals surface area contributed by atoms with Crippen LogP contribution >= 0.6 is 0 Å². The van der Waals surface area contributed by atoms with E-state index in [0.29, 0.717) is 0 Å². The molecule has 134 valence electrons. The largest absolute Gasteiger partial charge is 0.459 e. The van der Waals surface area contributed by atoms with Crippen molar-refractivity contribution in [3.8, 4) is 0 Å². The number of benzene rings is 1. The van der Waals surface area contributed by atoms with Gasteiger partial charge in [0.2, 0.25) is 0 Å². The summed E-state index contributed by atoms with van der Waals surface area (Å²) in [4.78, 5) is 24.9. The monoisotopic (exact) mass is 351 g/mol. The van der Waals surface area contributed by atoms with Crippen molar-refractivity contribution in [1.29, 1.82) is 0 Å². The van der Waals surface area contributed by atoms with Crippen LogP contribution in [0.15, 0.2) is 59.0 Å². The zero-order valence-corrected chi connectivity index (χ0v) is 14.9. The van der Waals surface area contributed by atoms with E-state index in [2.05, 4.69) is 10.6 Å². The number of rotatable bonds is 5. The van der Waals surface area contributed by atoms with Crippen LogP contribution in [-0.2, 0) is 11.8 Å². The van der Waals surface area contributed by atoms with E-state index in [-0.39, 0.29) is 23.4 Å². The molecule has 0 spiro atoms. The van der Waals surface area contributed by atoms with E-state index in [1.54, 1.807) is 18.2 Å². The van der Waals surface area contributed by atoms with Gasteiger partial charge in [-0.15, -0.1) is 0 Å². The number of aromatic nitrogens is 1. The van der Waals surface area contributed by atoms with Crippen LogP contribution in [0, 0.1) is 0 Å². The van der Waals surface area contributed by atoms with Crippen molar-refractivity contribution < 1.29 is 14.0 Å². The lowest BCUT2D eigenvalue weighted by Crippen LogP contribution is -2.38. The van der Waals surface area contributed by atoms with E-state index >= 15 is 0 Å². The number of hydrogen-bond donors (Lipinski definition) is 2. The number of amides is 2. The molecule has 0 radical (unpaired) electrons. The molecule has 0 saturated heterocycles. The summed E-state index contributed by atoms with van der Waals surface area (Å²) in [5.74, 6) is -0.681. The zero-order valence-electron chi connectivity index (χ0n) is 14.9. The summed E-state index contributed by atoms with van der Waals surface area (Å²) in [5.41, 5.74) is 2.05. The van der Waals surface area contributed by atoms with Gasteiger partial charge in [0.1, 0.15) is 5.70 Å². The maximum Gasteiger partial charge on any atom is 0.291 e. The number of aryl methyl sites for hydroxylation is 1. The summed E-state index contributed by atoms with van der Waals surface area (Å²) in [6.07, 6.45) is 5.02. The normalized spacial score (nSPS) is 11.8. The van der Waals surface area contributed by atoms with Gasteiger partial charge in [-0.2, -0.15) is 0 Å². The number of furan rings is 1. The number of fused-ring (bicyclic) bond motifs is 1. The summed E-state index contributed by atoms with van der Waals surface area (Å²) in [5, 5.41) is 6.46. The van der Waals surface area contributed by atoms with Gasteiger partial charge < -0.3 is 19.6 Å². The van der Waals surface area contributed by atoms with Gasteiger partial charge in [-0.1, -0.05) is 18.2 Å². The van der Waals surface area contributed by atoms with Crippen molar-refractivity contribution in [1.82, 2.24) is 15.2 Å². The minimum Gasteiger partial charge on any atom is -0.459 e. The van der Waals surface area contributed by atoms with Crippen LogP contribution in [0.5, 0.6) is 0 Å². The lowest BCUT2D eigenvalue weighted by atomic mass is 10.1. The van der Waals surface area contributed by atoms with Crippen molar-refractivity contribution in [2.75, 3.05) is 0 Å². The van der Waals surface area contributed by atoms with Gasteiger partial charge in [0.15, 0.2) is 5.76 Å². The molecule has 0 bridgehead atoms. The molecule has 0 aliphatic rings. The summed E-state index contributed by atoms with van der Waals surface area (Å²) in [7, 11) is 1.94. The van der Waals surface area contributed by atoms with E-state index in [1.165, 1.54) is 6.26 Å². The highest BCUT2D eigenvalue weighted by Crippen LogP contribution is 2.22. The van der Waals surface area contributed by atoms with E-state index < -0.39 is 5.91 Å². The number of para-hydroxylation sites is 1. The molecule has 26 heavy (non-hydrogen) atoms. The first-order valence-corrected chi connectivity index (χ1v) is 8.37. The fourth-order valence-corrected chi connectivity index (χ4v) is 2.73. The van der Waals surface area contributed by atoms with E-state index in [0.717, 1.165) is 16.5 Å². The van der Waals surface area contributed by atoms with Gasteiger partial charge in [-0.25, -0.2) is 0 Å². The lowest BCUT2D eigenvalue weighted by Gasteiger charge is -2.12. The SMILES string of the molecule is CC(C)NC(=O)/C(=C/c1cn(C)c2ccccc12)NC(=O)c1ccco1. The molecular weight excluding hydrogens is 330 g/mol. The second kappa shape index (κ2) is 7.31. The first kappa shape index (κ1) is 17.5. The second-order valence-corrected chi connectivity index (χ2v) is 6.33. The molecule has 3 aromatic rings. The molecule has 2 amide bonds. The minimum atomic E-state index is -0.472. The van der Waals surface area contributed by atoms with Crippen molar-refractivity contribution in [2.24, 2.45) is 7.05 Å². The molecule has 6 heteroatoms. The van der Waals surface area contributed by atoms with Crippen LogP contribution < -0.4 is 10.6 Å². The topological polar surface area (TPSA) is 76.3 Å². The maximum atomic E-state index is 12.6. The van der Waals surface area contributed by atoms with Gasteiger partial charge in [0, 0.05) is 35.8 Å². The Balaban J connectivity index is 1.99. The predicted molar refractivity (Wildman–Crippen MR) is 100 cm³/mol. The highest BCUT2D eigenvalue weighted by atomic mass is 16.3. The van der Waals surface area contributed by atoms with E-state index in [9.17, 15) is 9.59 Å². The Morgan fingerprint density at radius 2 is 1.92 bits per heavy atom. The highest BCUT2D eigenvalue weighted by molar-refractivity contribution is 6.05. The third kappa shape index (κ3) is 3.69. The van der Waals surface area contributed by atoms with Crippen molar-refractivity contribution in [2.45, 2.75) is 19.9 Å². The average molecular weight is 351 g/mol. The van der Waals surface area contributed by atoms with Gasteiger partial charge >= 0.3 is 0 Å². The molecule has 2 heterocycles. The fourth-order valence-electron chi connectivity index (χ4n) is 2.73. The average Bonchev–Trinajstić information content (AvgIpc) is 3.23. The lowest BCUT2D eigenvalue weighted by molar-refractivity contribution is -0.118. The molecule has 0 saturated carbocycles. The number of carbonyl (C=O) groups is 2. The minimum absolute atomic E-state index is 0.0565. The smallest absolute Gasteiger partial charge is 0.291 e. The third-order valence-electron chi connectivity index (χ3n) is 3.89. The van der Waals surface area contributed by atoms with E-state index in [1.807, 2.05) is 55.9 Å². The van der Waals surface area contributed by atoms with Crippen LogP contribution in [0.4, 0.5) is 0 Å². The first-order valence-electron chi connectivity index (χ1n) is 8.37. The van der Waals surface area contributed by atoms with Crippen LogP contribution in [0.3, 0.4) is 0 Å². The number of nitrogens with zero attached hydrogens (tertiary/aromatic N) is 1.